The Bertz CT molecular complexity index is 344. The monoisotopic (exact) mass is 209 g/mol. The average molecular weight is 209 g/mol. The molecule has 0 saturated carbocycles. The first-order chi connectivity index (χ1) is 7.24. The van der Waals surface area contributed by atoms with Gasteiger partial charge in [0.1, 0.15) is 0 Å². The lowest BCUT2D eigenvalue weighted by Crippen LogP contribution is -2.25. The maximum Gasteiger partial charge on any atom is 0.0697 e. The van der Waals surface area contributed by atoms with Gasteiger partial charge in [0.25, 0.3) is 0 Å². The zero-order valence-electron chi connectivity index (χ0n) is 9.45. The number of fused-ring (bicyclic) bond motifs is 1. The van der Waals surface area contributed by atoms with Gasteiger partial charge in [0.15, 0.2) is 0 Å². The fourth-order valence-electron chi connectivity index (χ4n) is 2.19. The molecule has 0 aromatic carbocycles. The summed E-state index contributed by atoms with van der Waals surface area (Å²) in [5, 5.41) is 17.0. The van der Waals surface area contributed by atoms with E-state index in [2.05, 4.69) is 24.3 Å². The van der Waals surface area contributed by atoms with Gasteiger partial charge < -0.3 is 10.4 Å². The standard InChI is InChI=1S/C11H19N3O/c1-8(2)11-9-7-12-4-3-10(9)14(13-11)5-6-15/h8,12,15H,3-7H2,1-2H3. The van der Waals surface area contributed by atoms with E-state index >= 15 is 0 Å². The van der Waals surface area contributed by atoms with Crippen molar-refractivity contribution >= 4 is 0 Å². The van der Waals surface area contributed by atoms with E-state index in [1.54, 1.807) is 0 Å². The maximum atomic E-state index is 8.99. The summed E-state index contributed by atoms with van der Waals surface area (Å²) >= 11 is 0. The van der Waals surface area contributed by atoms with Crippen LogP contribution in [0, 0.1) is 0 Å². The van der Waals surface area contributed by atoms with Crippen molar-refractivity contribution in [2.24, 2.45) is 0 Å². The molecule has 1 aromatic rings. The molecule has 0 bridgehead atoms. The van der Waals surface area contributed by atoms with Crippen LogP contribution in [0.15, 0.2) is 0 Å². The van der Waals surface area contributed by atoms with Crippen LogP contribution in [0.1, 0.15) is 36.7 Å². The third-order valence-electron chi connectivity index (χ3n) is 2.90. The number of aromatic nitrogens is 2. The molecule has 1 aliphatic rings. The molecule has 0 unspecified atom stereocenters. The summed E-state index contributed by atoms with van der Waals surface area (Å²) in [6.07, 6.45) is 1.02. The Hall–Kier alpha value is -0.870. The summed E-state index contributed by atoms with van der Waals surface area (Å²) in [4.78, 5) is 0. The Morgan fingerprint density at radius 1 is 1.53 bits per heavy atom. The maximum absolute atomic E-state index is 8.99. The molecule has 0 saturated heterocycles. The summed E-state index contributed by atoms with van der Waals surface area (Å²) in [7, 11) is 0. The van der Waals surface area contributed by atoms with Gasteiger partial charge in [0, 0.05) is 30.8 Å². The molecule has 2 rings (SSSR count). The van der Waals surface area contributed by atoms with Crippen LogP contribution in [0.25, 0.3) is 0 Å². The fraction of sp³-hybridized carbons (Fsp3) is 0.727. The molecule has 2 N–H and O–H groups in total. The van der Waals surface area contributed by atoms with Gasteiger partial charge in [-0.3, -0.25) is 4.68 Å². The minimum atomic E-state index is 0.166. The van der Waals surface area contributed by atoms with Crippen LogP contribution in [0.3, 0.4) is 0 Å². The van der Waals surface area contributed by atoms with E-state index in [4.69, 9.17) is 5.11 Å². The summed E-state index contributed by atoms with van der Waals surface area (Å²) in [5.41, 5.74) is 3.85. The molecule has 15 heavy (non-hydrogen) atoms. The lowest BCUT2D eigenvalue weighted by Gasteiger charge is -2.15. The van der Waals surface area contributed by atoms with Crippen molar-refractivity contribution in [1.29, 1.82) is 0 Å². The Morgan fingerprint density at radius 3 is 3.00 bits per heavy atom. The van der Waals surface area contributed by atoms with Crippen LogP contribution < -0.4 is 5.32 Å². The lowest BCUT2D eigenvalue weighted by molar-refractivity contribution is 0.266. The number of aliphatic hydroxyl groups is 1. The van der Waals surface area contributed by atoms with E-state index in [0.717, 1.165) is 19.5 Å². The largest absolute Gasteiger partial charge is 0.394 e. The van der Waals surface area contributed by atoms with Crippen molar-refractivity contribution in [3.8, 4) is 0 Å². The van der Waals surface area contributed by atoms with E-state index in [1.165, 1.54) is 17.0 Å². The number of nitrogens with one attached hydrogen (secondary N) is 1. The molecule has 0 radical (unpaired) electrons. The van der Waals surface area contributed by atoms with Crippen molar-refractivity contribution in [3.63, 3.8) is 0 Å². The van der Waals surface area contributed by atoms with Crippen molar-refractivity contribution < 1.29 is 5.11 Å². The highest BCUT2D eigenvalue weighted by Crippen LogP contribution is 2.24. The van der Waals surface area contributed by atoms with Gasteiger partial charge in [0.05, 0.1) is 18.8 Å². The summed E-state index contributed by atoms with van der Waals surface area (Å²) in [6, 6.07) is 0. The molecule has 0 atom stereocenters. The van der Waals surface area contributed by atoms with Crippen LogP contribution in [0.4, 0.5) is 0 Å². The smallest absolute Gasteiger partial charge is 0.0697 e. The summed E-state index contributed by atoms with van der Waals surface area (Å²) < 4.78 is 1.98. The normalized spacial score (nSPS) is 15.7. The Morgan fingerprint density at radius 2 is 2.33 bits per heavy atom. The molecule has 84 valence electrons. The van der Waals surface area contributed by atoms with Crippen molar-refractivity contribution in [1.82, 2.24) is 15.1 Å². The first-order valence-corrected chi connectivity index (χ1v) is 5.64. The highest BCUT2D eigenvalue weighted by atomic mass is 16.3. The highest BCUT2D eigenvalue weighted by Gasteiger charge is 2.21. The van der Waals surface area contributed by atoms with Gasteiger partial charge in [-0.25, -0.2) is 0 Å². The minimum absolute atomic E-state index is 0.166. The zero-order valence-corrected chi connectivity index (χ0v) is 9.45. The van der Waals surface area contributed by atoms with Crippen molar-refractivity contribution in [2.75, 3.05) is 13.2 Å². The first kappa shape index (κ1) is 10.6. The number of hydrogen-bond acceptors (Lipinski definition) is 3. The van der Waals surface area contributed by atoms with Gasteiger partial charge in [-0.2, -0.15) is 5.10 Å². The minimum Gasteiger partial charge on any atom is -0.394 e. The fourth-order valence-corrected chi connectivity index (χ4v) is 2.19. The molecule has 4 heteroatoms. The molecule has 4 nitrogen and oxygen atoms in total. The zero-order chi connectivity index (χ0) is 10.8. The molecule has 0 fully saturated rings. The highest BCUT2D eigenvalue weighted by molar-refractivity contribution is 5.30. The lowest BCUT2D eigenvalue weighted by atomic mass is 10.0. The molecule has 1 aliphatic heterocycles. The molecular formula is C11H19N3O. The van der Waals surface area contributed by atoms with Crippen LogP contribution in [-0.4, -0.2) is 28.0 Å². The second kappa shape index (κ2) is 4.33. The molecule has 0 spiro atoms. The van der Waals surface area contributed by atoms with Gasteiger partial charge in [-0.05, 0) is 5.92 Å². The first-order valence-electron chi connectivity index (χ1n) is 5.64. The van der Waals surface area contributed by atoms with Crippen LogP contribution in [-0.2, 0) is 19.5 Å². The second-order valence-electron chi connectivity index (χ2n) is 4.34. The number of hydrogen-bond donors (Lipinski definition) is 2. The van der Waals surface area contributed by atoms with Crippen molar-refractivity contribution in [2.45, 2.75) is 39.3 Å². The Balaban J connectivity index is 2.40. The predicted octanol–water partition coefficient (Wildman–Crippen LogP) is 0.644. The third kappa shape index (κ3) is 1.92. The van der Waals surface area contributed by atoms with Gasteiger partial charge in [-0.1, -0.05) is 13.8 Å². The SMILES string of the molecule is CC(C)c1nn(CCO)c2c1CNCC2. The van der Waals surface area contributed by atoms with Gasteiger partial charge in [0.2, 0.25) is 0 Å². The van der Waals surface area contributed by atoms with E-state index < -0.39 is 0 Å². The van der Waals surface area contributed by atoms with Crippen LogP contribution >= 0.6 is 0 Å². The van der Waals surface area contributed by atoms with Gasteiger partial charge >= 0.3 is 0 Å². The topological polar surface area (TPSA) is 50.1 Å². The van der Waals surface area contributed by atoms with E-state index in [0.29, 0.717) is 12.5 Å². The third-order valence-corrected chi connectivity index (χ3v) is 2.90. The van der Waals surface area contributed by atoms with E-state index in [1.807, 2.05) is 4.68 Å². The Kier molecular flexibility index (Phi) is 3.07. The quantitative estimate of drug-likeness (QED) is 0.768. The van der Waals surface area contributed by atoms with Gasteiger partial charge in [-0.15, -0.1) is 0 Å². The summed E-state index contributed by atoms with van der Waals surface area (Å²) in [6.45, 7) is 7.06. The number of rotatable bonds is 3. The van der Waals surface area contributed by atoms with E-state index in [-0.39, 0.29) is 6.61 Å². The summed E-state index contributed by atoms with van der Waals surface area (Å²) in [5.74, 6) is 0.457. The van der Waals surface area contributed by atoms with Crippen molar-refractivity contribution in [3.05, 3.63) is 17.0 Å². The molecular weight excluding hydrogens is 190 g/mol. The Labute approximate surface area is 90.3 Å². The molecule has 1 aromatic heterocycles. The average Bonchev–Trinajstić information content (AvgIpc) is 2.59. The van der Waals surface area contributed by atoms with Crippen LogP contribution in [0.2, 0.25) is 0 Å². The molecule has 0 aliphatic carbocycles. The predicted molar refractivity (Wildman–Crippen MR) is 58.8 cm³/mol. The van der Waals surface area contributed by atoms with Crippen LogP contribution in [0.5, 0.6) is 0 Å². The molecule has 2 heterocycles. The number of aliphatic hydroxyl groups excluding tert-OH is 1. The second-order valence-corrected chi connectivity index (χ2v) is 4.34. The molecule has 0 amide bonds. The number of nitrogens with zero attached hydrogens (tertiary/aromatic N) is 2. The van der Waals surface area contributed by atoms with E-state index in [9.17, 15) is 0 Å².